The van der Waals surface area contributed by atoms with Crippen molar-refractivity contribution in [2.24, 2.45) is 0 Å². The Kier molecular flexibility index (Phi) is 5.43. The molecule has 0 spiro atoms. The summed E-state index contributed by atoms with van der Waals surface area (Å²) < 4.78 is 45.7. The van der Waals surface area contributed by atoms with E-state index in [4.69, 9.17) is 4.42 Å². The first-order chi connectivity index (χ1) is 12.9. The van der Waals surface area contributed by atoms with E-state index >= 15 is 0 Å². The lowest BCUT2D eigenvalue weighted by atomic mass is 10.1. The monoisotopic (exact) mass is 377 g/mol. The van der Waals surface area contributed by atoms with E-state index in [1.54, 1.807) is 0 Å². The van der Waals surface area contributed by atoms with Crippen molar-refractivity contribution in [3.8, 4) is 0 Å². The molecule has 1 aromatic carbocycles. The van der Waals surface area contributed by atoms with E-state index in [0.717, 1.165) is 12.8 Å². The summed E-state index contributed by atoms with van der Waals surface area (Å²) in [4.78, 5) is 20.4. The molecule has 3 aromatic rings. The number of fused-ring (bicyclic) bond motifs is 1. The van der Waals surface area contributed by atoms with Crippen molar-refractivity contribution in [3.63, 3.8) is 0 Å². The summed E-state index contributed by atoms with van der Waals surface area (Å²) >= 11 is 0. The molecule has 0 aliphatic heterocycles. The van der Waals surface area contributed by atoms with Gasteiger partial charge in [0.2, 0.25) is 0 Å². The van der Waals surface area contributed by atoms with Gasteiger partial charge < -0.3 is 9.73 Å². The highest BCUT2D eigenvalue weighted by atomic mass is 19.4. The highest BCUT2D eigenvalue weighted by Crippen LogP contribution is 2.32. The molecule has 0 fully saturated rings. The van der Waals surface area contributed by atoms with Gasteiger partial charge in [-0.3, -0.25) is 9.78 Å². The van der Waals surface area contributed by atoms with Gasteiger partial charge in [-0.15, -0.1) is 0 Å². The molecular formula is C19H18F3N3O2. The van der Waals surface area contributed by atoms with E-state index in [-0.39, 0.29) is 11.3 Å². The van der Waals surface area contributed by atoms with Crippen LogP contribution in [0.25, 0.3) is 11.1 Å². The van der Waals surface area contributed by atoms with E-state index < -0.39 is 18.1 Å². The SMILES string of the molecule is CCCCc1nc2cc(C(=O)N[C@@H](c3ccccn3)C(F)(F)F)ccc2o1. The van der Waals surface area contributed by atoms with Gasteiger partial charge in [0.05, 0.1) is 5.69 Å². The third-order valence-electron chi connectivity index (χ3n) is 4.02. The second-order valence-corrected chi connectivity index (χ2v) is 6.10. The zero-order valence-electron chi connectivity index (χ0n) is 14.6. The lowest BCUT2D eigenvalue weighted by Gasteiger charge is -2.21. The summed E-state index contributed by atoms with van der Waals surface area (Å²) in [6.45, 7) is 2.05. The Morgan fingerprint density at radius 1 is 1.26 bits per heavy atom. The topological polar surface area (TPSA) is 68.0 Å². The van der Waals surface area contributed by atoms with Gasteiger partial charge >= 0.3 is 6.18 Å². The summed E-state index contributed by atoms with van der Waals surface area (Å²) in [7, 11) is 0. The van der Waals surface area contributed by atoms with Crippen LogP contribution in [-0.4, -0.2) is 22.1 Å². The van der Waals surface area contributed by atoms with Gasteiger partial charge in [0.1, 0.15) is 5.52 Å². The van der Waals surface area contributed by atoms with Crippen LogP contribution in [-0.2, 0) is 6.42 Å². The first-order valence-corrected chi connectivity index (χ1v) is 8.56. The molecule has 5 nitrogen and oxygen atoms in total. The maximum Gasteiger partial charge on any atom is 0.414 e. The minimum absolute atomic E-state index is 0.0722. The van der Waals surface area contributed by atoms with Gasteiger partial charge in [0.15, 0.2) is 17.5 Å². The molecule has 8 heteroatoms. The van der Waals surface area contributed by atoms with Crippen molar-refractivity contribution in [2.45, 2.75) is 38.4 Å². The fourth-order valence-electron chi connectivity index (χ4n) is 2.64. The third-order valence-corrected chi connectivity index (χ3v) is 4.02. The largest absolute Gasteiger partial charge is 0.441 e. The Morgan fingerprint density at radius 3 is 2.74 bits per heavy atom. The number of nitrogens with one attached hydrogen (secondary N) is 1. The number of unbranched alkanes of at least 4 members (excludes halogenated alkanes) is 1. The average Bonchev–Trinajstić information content (AvgIpc) is 3.06. The molecular weight excluding hydrogens is 359 g/mol. The van der Waals surface area contributed by atoms with Gasteiger partial charge in [0.25, 0.3) is 5.91 Å². The molecule has 142 valence electrons. The number of amides is 1. The quantitative estimate of drug-likeness (QED) is 0.682. The van der Waals surface area contributed by atoms with E-state index in [0.29, 0.717) is 23.4 Å². The molecule has 1 atom stereocenters. The van der Waals surface area contributed by atoms with E-state index in [1.165, 1.54) is 42.6 Å². The van der Waals surface area contributed by atoms with Crippen molar-refractivity contribution < 1.29 is 22.4 Å². The summed E-state index contributed by atoms with van der Waals surface area (Å²) in [5.41, 5.74) is 0.732. The van der Waals surface area contributed by atoms with Crippen LogP contribution in [0.5, 0.6) is 0 Å². The van der Waals surface area contributed by atoms with E-state index in [9.17, 15) is 18.0 Å². The van der Waals surface area contributed by atoms with Gasteiger partial charge in [-0.05, 0) is 36.8 Å². The molecule has 0 saturated heterocycles. The van der Waals surface area contributed by atoms with Crippen LogP contribution in [0.3, 0.4) is 0 Å². The minimum Gasteiger partial charge on any atom is -0.441 e. The Balaban J connectivity index is 1.83. The Labute approximate surface area is 153 Å². The molecule has 1 amide bonds. The molecule has 0 bridgehead atoms. The number of hydrogen-bond acceptors (Lipinski definition) is 4. The number of rotatable bonds is 6. The predicted octanol–water partition coefficient (Wildman–Crippen LogP) is 4.60. The summed E-state index contributed by atoms with van der Waals surface area (Å²) in [5.74, 6) is -0.311. The molecule has 0 radical (unpaired) electrons. The molecule has 0 aliphatic carbocycles. The summed E-state index contributed by atoms with van der Waals surface area (Å²) in [5, 5.41) is 2.01. The molecule has 3 rings (SSSR count). The number of benzene rings is 1. The van der Waals surface area contributed by atoms with Crippen molar-refractivity contribution in [1.82, 2.24) is 15.3 Å². The molecule has 2 aromatic heterocycles. The van der Waals surface area contributed by atoms with Crippen molar-refractivity contribution >= 4 is 17.0 Å². The fourth-order valence-corrected chi connectivity index (χ4v) is 2.64. The Bertz CT molecular complexity index is 923. The number of oxazole rings is 1. The zero-order valence-corrected chi connectivity index (χ0v) is 14.6. The number of nitrogens with zero attached hydrogens (tertiary/aromatic N) is 2. The number of pyridine rings is 1. The number of halogens is 3. The first-order valence-electron chi connectivity index (χ1n) is 8.56. The van der Waals surface area contributed by atoms with Crippen molar-refractivity contribution in [1.29, 1.82) is 0 Å². The normalized spacial score (nSPS) is 12.9. The molecule has 1 N–H and O–H groups in total. The fraction of sp³-hybridized carbons (Fsp3) is 0.316. The van der Waals surface area contributed by atoms with E-state index in [1.807, 2.05) is 12.2 Å². The lowest BCUT2D eigenvalue weighted by molar-refractivity contribution is -0.156. The second-order valence-electron chi connectivity index (χ2n) is 6.10. The standard InChI is InChI=1S/C19H18F3N3O2/c1-2-3-7-16-24-14-11-12(8-9-15(14)27-16)18(26)25-17(19(20,21)22)13-6-4-5-10-23-13/h4-6,8-11,17H,2-3,7H2,1H3,(H,25,26)/t17-/m0/s1. The average molecular weight is 377 g/mol. The van der Waals surface area contributed by atoms with Crippen LogP contribution >= 0.6 is 0 Å². The number of carbonyl (C=O) groups excluding carboxylic acids is 1. The second kappa shape index (κ2) is 7.77. The predicted molar refractivity (Wildman–Crippen MR) is 93.1 cm³/mol. The number of alkyl halides is 3. The Morgan fingerprint density at radius 2 is 2.07 bits per heavy atom. The smallest absolute Gasteiger partial charge is 0.414 e. The number of carbonyl (C=O) groups is 1. The van der Waals surface area contributed by atoms with Crippen LogP contribution in [0.4, 0.5) is 13.2 Å². The van der Waals surface area contributed by atoms with Crippen LogP contribution in [0, 0.1) is 0 Å². The lowest BCUT2D eigenvalue weighted by Crippen LogP contribution is -2.38. The van der Waals surface area contributed by atoms with Gasteiger partial charge in [-0.25, -0.2) is 4.98 Å². The van der Waals surface area contributed by atoms with Gasteiger partial charge in [-0.1, -0.05) is 19.4 Å². The van der Waals surface area contributed by atoms with Gasteiger partial charge in [0, 0.05) is 18.2 Å². The zero-order chi connectivity index (χ0) is 19.4. The molecule has 0 aliphatic rings. The number of hydrogen-bond donors (Lipinski definition) is 1. The Hall–Kier alpha value is -2.90. The third kappa shape index (κ3) is 4.45. The minimum atomic E-state index is -4.67. The highest BCUT2D eigenvalue weighted by Gasteiger charge is 2.43. The van der Waals surface area contributed by atoms with Gasteiger partial charge in [-0.2, -0.15) is 13.2 Å². The van der Waals surface area contributed by atoms with Crippen LogP contribution in [0.15, 0.2) is 47.0 Å². The van der Waals surface area contributed by atoms with Crippen LogP contribution < -0.4 is 5.32 Å². The molecule has 0 unspecified atom stereocenters. The van der Waals surface area contributed by atoms with Crippen molar-refractivity contribution in [3.05, 3.63) is 59.7 Å². The maximum atomic E-state index is 13.4. The summed E-state index contributed by atoms with van der Waals surface area (Å²) in [6.07, 6.45) is -0.854. The first kappa shape index (κ1) is 18.9. The van der Waals surface area contributed by atoms with Crippen LogP contribution in [0.2, 0.25) is 0 Å². The molecule has 27 heavy (non-hydrogen) atoms. The number of aromatic nitrogens is 2. The molecule has 0 saturated carbocycles. The number of aryl methyl sites for hydroxylation is 1. The molecule has 2 heterocycles. The van der Waals surface area contributed by atoms with Crippen LogP contribution in [0.1, 0.15) is 47.7 Å². The van der Waals surface area contributed by atoms with Crippen molar-refractivity contribution in [2.75, 3.05) is 0 Å². The van der Waals surface area contributed by atoms with E-state index in [2.05, 4.69) is 9.97 Å². The maximum absolute atomic E-state index is 13.4. The highest BCUT2D eigenvalue weighted by molar-refractivity contribution is 5.97. The summed E-state index contributed by atoms with van der Waals surface area (Å²) in [6, 6.07) is 6.35.